The molecule has 6 nitrogen and oxygen atoms in total. The number of carbonyl (C=O) groups is 1. The Hall–Kier alpha value is -3.25. The molecule has 2 aromatic carbocycles. The van der Waals surface area contributed by atoms with E-state index in [1.165, 1.54) is 0 Å². The first kappa shape index (κ1) is 19.1. The minimum Gasteiger partial charge on any atom is -0.396 e. The molecule has 3 aromatic rings. The van der Waals surface area contributed by atoms with Gasteiger partial charge < -0.3 is 5.73 Å². The Morgan fingerprint density at radius 2 is 1.72 bits per heavy atom. The lowest BCUT2D eigenvalue weighted by Crippen LogP contribution is -2.29. The zero-order chi connectivity index (χ0) is 20.5. The van der Waals surface area contributed by atoms with E-state index in [9.17, 15) is 4.79 Å². The maximum atomic E-state index is 13.5. The first-order chi connectivity index (χ1) is 14.1. The van der Waals surface area contributed by atoms with Gasteiger partial charge in [-0.25, -0.2) is 0 Å². The standard InChI is InChI=1S/C23H25N5O/c1-4-28(5-2)14-25-21-16-10-6-7-11-17(16)23(29)19(20(21)24)18-12-8-9-15-13-26-27(3)22(15)18/h6-13H,4-5,14,24H2,1-3H3/b25-21-. The number of aromatic nitrogens is 2. The van der Waals surface area contributed by atoms with E-state index in [-0.39, 0.29) is 5.78 Å². The molecule has 148 valence electrons. The van der Waals surface area contributed by atoms with Crippen molar-refractivity contribution < 1.29 is 4.79 Å². The molecule has 0 atom stereocenters. The fraction of sp³-hybridized carbons (Fsp3) is 0.261. The van der Waals surface area contributed by atoms with Crippen LogP contribution in [0.4, 0.5) is 0 Å². The van der Waals surface area contributed by atoms with Crippen molar-refractivity contribution in [2.45, 2.75) is 13.8 Å². The first-order valence-electron chi connectivity index (χ1n) is 9.88. The number of aryl methyl sites for hydroxylation is 1. The number of carbonyl (C=O) groups excluding carboxylic acids is 1. The van der Waals surface area contributed by atoms with Crippen molar-refractivity contribution in [1.29, 1.82) is 0 Å². The van der Waals surface area contributed by atoms with Crippen LogP contribution in [0.2, 0.25) is 0 Å². The van der Waals surface area contributed by atoms with Gasteiger partial charge in [-0.2, -0.15) is 5.10 Å². The highest BCUT2D eigenvalue weighted by Gasteiger charge is 2.31. The smallest absolute Gasteiger partial charge is 0.196 e. The molecular weight excluding hydrogens is 362 g/mol. The van der Waals surface area contributed by atoms with Gasteiger partial charge in [0.15, 0.2) is 5.78 Å². The number of Topliss-reactive ketones (excluding diaryl/α,β-unsaturated/α-hetero) is 1. The SMILES string of the molecule is CCN(CC)C/N=C1\C(N)=C(c2cccc3cnn(C)c23)C(=O)c2ccccc21. The van der Waals surface area contributed by atoms with Crippen LogP contribution in [-0.2, 0) is 7.05 Å². The van der Waals surface area contributed by atoms with Crippen molar-refractivity contribution in [3.8, 4) is 0 Å². The number of fused-ring (bicyclic) bond motifs is 2. The zero-order valence-electron chi connectivity index (χ0n) is 17.0. The Labute approximate surface area is 170 Å². The molecule has 6 heteroatoms. The molecule has 1 aliphatic rings. The Bertz CT molecular complexity index is 1150. The van der Waals surface area contributed by atoms with Crippen LogP contribution in [0.3, 0.4) is 0 Å². The van der Waals surface area contributed by atoms with E-state index in [1.807, 2.05) is 49.5 Å². The van der Waals surface area contributed by atoms with Crippen LogP contribution in [0.15, 0.2) is 59.4 Å². The van der Waals surface area contributed by atoms with Crippen molar-refractivity contribution in [2.24, 2.45) is 17.8 Å². The van der Waals surface area contributed by atoms with Gasteiger partial charge in [0.2, 0.25) is 0 Å². The van der Waals surface area contributed by atoms with Crippen molar-refractivity contribution in [3.05, 3.63) is 71.0 Å². The number of rotatable bonds is 5. The average Bonchev–Trinajstić information content (AvgIpc) is 3.12. The molecule has 0 radical (unpaired) electrons. The molecule has 1 aromatic heterocycles. The van der Waals surface area contributed by atoms with Gasteiger partial charge in [-0.05, 0) is 13.1 Å². The molecule has 0 saturated carbocycles. The Morgan fingerprint density at radius 1 is 1.03 bits per heavy atom. The fourth-order valence-electron chi connectivity index (χ4n) is 3.88. The zero-order valence-corrected chi connectivity index (χ0v) is 17.0. The maximum Gasteiger partial charge on any atom is 0.196 e. The third-order valence-corrected chi connectivity index (χ3v) is 5.53. The van der Waals surface area contributed by atoms with Gasteiger partial charge in [0.25, 0.3) is 0 Å². The Morgan fingerprint density at radius 3 is 2.45 bits per heavy atom. The molecule has 0 saturated heterocycles. The highest BCUT2D eigenvalue weighted by atomic mass is 16.1. The van der Waals surface area contributed by atoms with Gasteiger partial charge >= 0.3 is 0 Å². The summed E-state index contributed by atoms with van der Waals surface area (Å²) in [6.07, 6.45) is 1.80. The molecule has 0 spiro atoms. The number of nitrogens with zero attached hydrogens (tertiary/aromatic N) is 4. The number of nitrogens with two attached hydrogens (primary N) is 1. The van der Waals surface area contributed by atoms with E-state index < -0.39 is 0 Å². The van der Waals surface area contributed by atoms with Crippen LogP contribution in [-0.4, -0.2) is 45.9 Å². The highest BCUT2D eigenvalue weighted by Crippen LogP contribution is 2.34. The molecule has 4 rings (SSSR count). The lowest BCUT2D eigenvalue weighted by atomic mass is 9.83. The summed E-state index contributed by atoms with van der Waals surface area (Å²) in [5.74, 6) is -0.0754. The van der Waals surface area contributed by atoms with E-state index >= 15 is 0 Å². The fourth-order valence-corrected chi connectivity index (χ4v) is 3.88. The molecule has 0 amide bonds. The van der Waals surface area contributed by atoms with Crippen LogP contribution in [0.25, 0.3) is 16.5 Å². The van der Waals surface area contributed by atoms with E-state index in [1.54, 1.807) is 10.9 Å². The summed E-state index contributed by atoms with van der Waals surface area (Å²) in [6.45, 7) is 6.55. The summed E-state index contributed by atoms with van der Waals surface area (Å²) in [5, 5.41) is 5.32. The van der Waals surface area contributed by atoms with Gasteiger partial charge in [-0.15, -0.1) is 0 Å². The average molecular weight is 387 g/mol. The van der Waals surface area contributed by atoms with Crippen molar-refractivity contribution >= 4 is 28.0 Å². The third kappa shape index (κ3) is 3.15. The van der Waals surface area contributed by atoms with E-state index in [2.05, 4.69) is 23.8 Å². The lowest BCUT2D eigenvalue weighted by molar-refractivity contribution is 0.105. The number of allylic oxidation sites excluding steroid dienone is 2. The second kappa shape index (κ2) is 7.64. The summed E-state index contributed by atoms with van der Waals surface area (Å²) in [7, 11) is 1.87. The highest BCUT2D eigenvalue weighted by molar-refractivity contribution is 6.42. The topological polar surface area (TPSA) is 76.5 Å². The second-order valence-corrected chi connectivity index (χ2v) is 7.13. The van der Waals surface area contributed by atoms with Crippen LogP contribution in [0.1, 0.15) is 35.3 Å². The predicted octanol–water partition coefficient (Wildman–Crippen LogP) is 3.23. The molecule has 0 fully saturated rings. The van der Waals surface area contributed by atoms with Gasteiger partial charge in [0, 0.05) is 29.1 Å². The van der Waals surface area contributed by atoms with Crippen molar-refractivity contribution in [2.75, 3.05) is 19.8 Å². The quantitative estimate of drug-likeness (QED) is 0.729. The minimum absolute atomic E-state index is 0.0754. The largest absolute Gasteiger partial charge is 0.396 e. The van der Waals surface area contributed by atoms with Gasteiger partial charge in [-0.1, -0.05) is 56.3 Å². The molecule has 1 aliphatic carbocycles. The third-order valence-electron chi connectivity index (χ3n) is 5.53. The summed E-state index contributed by atoms with van der Waals surface area (Å²) < 4.78 is 1.78. The molecular formula is C23H25N5O. The summed E-state index contributed by atoms with van der Waals surface area (Å²) in [4.78, 5) is 20.5. The predicted molar refractivity (Wildman–Crippen MR) is 117 cm³/mol. The minimum atomic E-state index is -0.0754. The lowest BCUT2D eigenvalue weighted by Gasteiger charge is -2.23. The molecule has 0 aliphatic heterocycles. The second-order valence-electron chi connectivity index (χ2n) is 7.13. The maximum absolute atomic E-state index is 13.5. The number of hydrogen-bond acceptors (Lipinski definition) is 5. The summed E-state index contributed by atoms with van der Waals surface area (Å²) >= 11 is 0. The number of ketones is 1. The molecule has 0 unspecified atom stereocenters. The van der Waals surface area contributed by atoms with E-state index in [4.69, 9.17) is 10.7 Å². The number of hydrogen-bond donors (Lipinski definition) is 1. The number of para-hydroxylation sites is 1. The van der Waals surface area contributed by atoms with Crippen LogP contribution in [0, 0.1) is 0 Å². The summed E-state index contributed by atoms with van der Waals surface area (Å²) in [6, 6.07) is 13.4. The number of benzene rings is 2. The normalized spacial score (nSPS) is 15.6. The van der Waals surface area contributed by atoms with Crippen molar-refractivity contribution in [1.82, 2.24) is 14.7 Å². The van der Waals surface area contributed by atoms with Crippen molar-refractivity contribution in [3.63, 3.8) is 0 Å². The van der Waals surface area contributed by atoms with E-state index in [0.717, 1.165) is 35.1 Å². The van der Waals surface area contributed by atoms with Gasteiger partial charge in [0.05, 0.1) is 35.4 Å². The molecule has 2 N–H and O–H groups in total. The Kier molecular flexibility index (Phi) is 5.03. The van der Waals surface area contributed by atoms with E-state index in [0.29, 0.717) is 29.2 Å². The number of aliphatic imine (C=N–C) groups is 1. The van der Waals surface area contributed by atoms with Crippen LogP contribution >= 0.6 is 0 Å². The van der Waals surface area contributed by atoms with Crippen LogP contribution in [0.5, 0.6) is 0 Å². The molecule has 1 heterocycles. The monoisotopic (exact) mass is 387 g/mol. The Balaban J connectivity index is 1.95. The van der Waals surface area contributed by atoms with Crippen LogP contribution < -0.4 is 5.73 Å². The first-order valence-corrected chi connectivity index (χ1v) is 9.88. The van der Waals surface area contributed by atoms with Gasteiger partial charge in [0.1, 0.15) is 0 Å². The molecule has 0 bridgehead atoms. The van der Waals surface area contributed by atoms with Gasteiger partial charge in [-0.3, -0.25) is 19.4 Å². The summed E-state index contributed by atoms with van der Waals surface area (Å²) in [5.41, 5.74) is 11.3. The molecule has 29 heavy (non-hydrogen) atoms.